The zero-order valence-corrected chi connectivity index (χ0v) is 12.6. The average molecular weight is 319 g/mol. The molecule has 118 valence electrons. The van der Waals surface area contributed by atoms with Crippen molar-refractivity contribution in [3.8, 4) is 6.07 Å². The fourth-order valence-electron chi connectivity index (χ4n) is 2.08. The van der Waals surface area contributed by atoms with Crippen molar-refractivity contribution >= 4 is 17.5 Å². The number of carboxylic acids is 1. The van der Waals surface area contributed by atoms with Crippen molar-refractivity contribution in [1.29, 1.82) is 5.26 Å². The van der Waals surface area contributed by atoms with E-state index in [1.807, 2.05) is 18.2 Å². The van der Waals surface area contributed by atoms with Crippen molar-refractivity contribution in [3.63, 3.8) is 0 Å². The van der Waals surface area contributed by atoms with E-state index in [1.165, 1.54) is 0 Å². The van der Waals surface area contributed by atoms with E-state index in [0.29, 0.717) is 16.7 Å². The highest BCUT2D eigenvalue weighted by molar-refractivity contribution is 6.06. The monoisotopic (exact) mass is 319 g/mol. The van der Waals surface area contributed by atoms with Crippen LogP contribution in [0.5, 0.6) is 0 Å². The summed E-state index contributed by atoms with van der Waals surface area (Å²) in [7, 11) is 0. The Morgan fingerprint density at radius 3 is 1.79 bits per heavy atom. The Morgan fingerprint density at radius 2 is 1.42 bits per heavy atom. The summed E-state index contributed by atoms with van der Waals surface area (Å²) in [5.74, 6) is -3.28. The topological polar surface area (TPSA) is 87.4 Å². The fourth-order valence-corrected chi connectivity index (χ4v) is 2.08. The minimum atomic E-state index is -1.47. The van der Waals surface area contributed by atoms with E-state index in [1.54, 1.807) is 48.5 Å². The second-order valence-electron chi connectivity index (χ2n) is 4.71. The lowest BCUT2D eigenvalue weighted by Crippen LogP contribution is -2.13. The number of hydrogen-bond acceptors (Lipinski definition) is 4. The number of aliphatic carboxylic acids is 1. The number of carbonyl (C=O) groups excluding carboxylic acids is 1. The smallest absolute Gasteiger partial charge is 0.371 e. The van der Waals surface area contributed by atoms with Crippen LogP contribution in [0.3, 0.4) is 0 Å². The van der Waals surface area contributed by atoms with Gasteiger partial charge < -0.3 is 9.84 Å². The summed E-state index contributed by atoms with van der Waals surface area (Å²) in [5, 5.41) is 18.2. The van der Waals surface area contributed by atoms with Crippen LogP contribution in [-0.2, 0) is 14.3 Å². The lowest BCUT2D eigenvalue weighted by Gasteiger charge is -2.11. The highest BCUT2D eigenvalue weighted by Gasteiger charge is 2.22. The zero-order valence-electron chi connectivity index (χ0n) is 12.6. The van der Waals surface area contributed by atoms with Gasteiger partial charge in [0.25, 0.3) is 0 Å². The Morgan fingerprint density at radius 1 is 0.958 bits per heavy atom. The molecule has 0 heterocycles. The van der Waals surface area contributed by atoms with E-state index < -0.39 is 17.7 Å². The number of rotatable bonds is 5. The second-order valence-corrected chi connectivity index (χ2v) is 4.71. The highest BCUT2D eigenvalue weighted by atomic mass is 16.6. The van der Waals surface area contributed by atoms with Gasteiger partial charge in [0.15, 0.2) is 0 Å². The predicted octanol–water partition coefficient (Wildman–Crippen LogP) is 3.15. The van der Waals surface area contributed by atoms with E-state index in [2.05, 4.69) is 11.3 Å². The summed E-state index contributed by atoms with van der Waals surface area (Å²) in [6.45, 7) is 3.14. The van der Waals surface area contributed by atoms with Crippen LogP contribution in [-0.4, -0.2) is 17.0 Å². The molecule has 2 rings (SSSR count). The molecule has 24 heavy (non-hydrogen) atoms. The maximum absolute atomic E-state index is 12.3. The molecule has 2 aromatic rings. The Hall–Kier alpha value is -3.65. The summed E-state index contributed by atoms with van der Waals surface area (Å²) >= 11 is 0. The van der Waals surface area contributed by atoms with E-state index in [9.17, 15) is 14.9 Å². The molecule has 0 aromatic heterocycles. The van der Waals surface area contributed by atoms with Crippen molar-refractivity contribution in [2.45, 2.75) is 0 Å². The first-order valence-electron chi connectivity index (χ1n) is 6.94. The second kappa shape index (κ2) is 7.56. The predicted molar refractivity (Wildman–Crippen MR) is 87.4 cm³/mol. The molecule has 0 saturated heterocycles. The van der Waals surface area contributed by atoms with Gasteiger partial charge in [0.2, 0.25) is 5.76 Å². The molecule has 5 nitrogen and oxygen atoms in total. The maximum atomic E-state index is 12.3. The molecule has 1 N–H and O–H groups in total. The molecule has 0 amide bonds. The van der Waals surface area contributed by atoms with Crippen LogP contribution in [0.2, 0.25) is 0 Å². The standard InChI is InChI=1S/C19H13NO4/c1-13(18(21)22)24-19(23)16(12-20)17(14-8-4-2-5-9-14)15-10-6-3-7-11-15/h2-11H,1H2,(H,21,22). The Bertz CT molecular complexity index is 804. The lowest BCUT2D eigenvalue weighted by atomic mass is 9.93. The molecule has 0 aliphatic carbocycles. The Labute approximate surface area is 138 Å². The Balaban J connectivity index is 2.60. The van der Waals surface area contributed by atoms with E-state index in [0.717, 1.165) is 0 Å². The van der Waals surface area contributed by atoms with Gasteiger partial charge >= 0.3 is 11.9 Å². The van der Waals surface area contributed by atoms with Gasteiger partial charge in [-0.1, -0.05) is 60.7 Å². The van der Waals surface area contributed by atoms with Crippen LogP contribution in [0, 0.1) is 11.3 Å². The number of esters is 1. The lowest BCUT2D eigenvalue weighted by molar-refractivity contribution is -0.145. The first-order valence-corrected chi connectivity index (χ1v) is 6.94. The van der Waals surface area contributed by atoms with Crippen LogP contribution in [0.25, 0.3) is 5.57 Å². The number of carboxylic acid groups (broad SMARTS) is 1. The van der Waals surface area contributed by atoms with E-state index in [-0.39, 0.29) is 5.57 Å². The quantitative estimate of drug-likeness (QED) is 0.396. The van der Waals surface area contributed by atoms with Gasteiger partial charge in [-0.3, -0.25) is 0 Å². The first-order chi connectivity index (χ1) is 11.5. The minimum absolute atomic E-state index is 0.296. The van der Waals surface area contributed by atoms with Gasteiger partial charge in [-0.2, -0.15) is 5.26 Å². The molecular weight excluding hydrogens is 306 g/mol. The van der Waals surface area contributed by atoms with Crippen LogP contribution in [0.4, 0.5) is 0 Å². The first kappa shape index (κ1) is 16.7. The zero-order chi connectivity index (χ0) is 17.5. The molecule has 0 saturated carbocycles. The van der Waals surface area contributed by atoms with Crippen molar-refractivity contribution in [1.82, 2.24) is 0 Å². The SMILES string of the molecule is C=C(OC(=O)C(C#N)=C(c1ccccc1)c1ccccc1)C(=O)O. The number of carbonyl (C=O) groups is 2. The van der Waals surface area contributed by atoms with E-state index >= 15 is 0 Å². The molecule has 0 radical (unpaired) electrons. The third-order valence-corrected chi connectivity index (χ3v) is 3.15. The number of ether oxygens (including phenoxy) is 1. The van der Waals surface area contributed by atoms with Crippen molar-refractivity contribution in [2.75, 3.05) is 0 Å². The van der Waals surface area contributed by atoms with Crippen LogP contribution in [0.15, 0.2) is 78.6 Å². The van der Waals surface area contributed by atoms with Gasteiger partial charge in [0.1, 0.15) is 11.6 Å². The molecule has 0 atom stereocenters. The molecule has 0 spiro atoms. The van der Waals surface area contributed by atoms with Gasteiger partial charge in [-0.15, -0.1) is 0 Å². The molecule has 0 aliphatic rings. The van der Waals surface area contributed by atoms with Crippen molar-refractivity contribution < 1.29 is 19.4 Å². The number of nitriles is 1. The molecule has 5 heteroatoms. The molecule has 0 unspecified atom stereocenters. The van der Waals surface area contributed by atoms with E-state index in [4.69, 9.17) is 5.11 Å². The van der Waals surface area contributed by atoms with Crippen LogP contribution < -0.4 is 0 Å². The summed E-state index contributed by atoms with van der Waals surface area (Å²) in [4.78, 5) is 23.0. The number of benzene rings is 2. The molecule has 0 aliphatic heterocycles. The summed E-state index contributed by atoms with van der Waals surface area (Å²) in [6.07, 6.45) is 0. The highest BCUT2D eigenvalue weighted by Crippen LogP contribution is 2.27. The van der Waals surface area contributed by atoms with Crippen molar-refractivity contribution in [2.24, 2.45) is 0 Å². The number of nitrogens with zero attached hydrogens (tertiary/aromatic N) is 1. The van der Waals surface area contributed by atoms with Gasteiger partial charge in [0, 0.05) is 5.57 Å². The summed E-state index contributed by atoms with van der Waals surface area (Å²) in [6, 6.07) is 19.5. The molecule has 2 aromatic carbocycles. The molecule has 0 fully saturated rings. The van der Waals surface area contributed by atoms with Crippen LogP contribution in [0.1, 0.15) is 11.1 Å². The Kier molecular flexibility index (Phi) is 5.27. The maximum Gasteiger partial charge on any atom is 0.371 e. The third-order valence-electron chi connectivity index (χ3n) is 3.15. The normalized spacial score (nSPS) is 9.46. The summed E-state index contributed by atoms with van der Waals surface area (Å²) < 4.78 is 4.68. The third kappa shape index (κ3) is 3.76. The number of hydrogen-bond donors (Lipinski definition) is 1. The van der Waals surface area contributed by atoms with Gasteiger partial charge in [-0.25, -0.2) is 9.59 Å². The van der Waals surface area contributed by atoms with Crippen LogP contribution >= 0.6 is 0 Å². The van der Waals surface area contributed by atoms with Gasteiger partial charge in [-0.05, 0) is 17.7 Å². The average Bonchev–Trinajstić information content (AvgIpc) is 2.60. The molecule has 0 bridgehead atoms. The minimum Gasteiger partial charge on any atom is -0.475 e. The molecular formula is C19H13NO4. The largest absolute Gasteiger partial charge is 0.475 e. The summed E-state index contributed by atoms with van der Waals surface area (Å²) in [5.41, 5.74) is 1.34. The van der Waals surface area contributed by atoms with Crippen molar-refractivity contribution in [3.05, 3.63) is 89.7 Å². The fraction of sp³-hybridized carbons (Fsp3) is 0. The van der Waals surface area contributed by atoms with Gasteiger partial charge in [0.05, 0.1) is 0 Å².